The molecule has 6 nitrogen and oxygen atoms in total. The van der Waals surface area contributed by atoms with Crippen molar-refractivity contribution in [3.8, 4) is 5.69 Å². The van der Waals surface area contributed by atoms with Gasteiger partial charge in [0.1, 0.15) is 12.1 Å². The van der Waals surface area contributed by atoms with Gasteiger partial charge in [-0.05, 0) is 29.8 Å². The number of guanidine groups is 1. The molecule has 0 spiro atoms. The Hall–Kier alpha value is -3.22. The van der Waals surface area contributed by atoms with E-state index in [2.05, 4.69) is 25.8 Å². The molecule has 0 radical (unpaired) electrons. The summed E-state index contributed by atoms with van der Waals surface area (Å²) >= 11 is 0. The van der Waals surface area contributed by atoms with Crippen molar-refractivity contribution in [2.45, 2.75) is 13.1 Å². The van der Waals surface area contributed by atoms with Gasteiger partial charge in [0.25, 0.3) is 0 Å². The number of hydrogen-bond acceptors (Lipinski definition) is 3. The van der Waals surface area contributed by atoms with E-state index in [1.54, 1.807) is 25.5 Å². The minimum atomic E-state index is -0.244. The van der Waals surface area contributed by atoms with Crippen molar-refractivity contribution in [2.75, 3.05) is 7.05 Å². The first-order valence-electron chi connectivity index (χ1n) is 7.89. The van der Waals surface area contributed by atoms with Crippen LogP contribution < -0.4 is 10.6 Å². The molecule has 0 fully saturated rings. The van der Waals surface area contributed by atoms with Gasteiger partial charge in [-0.1, -0.05) is 30.3 Å². The third-order valence-corrected chi connectivity index (χ3v) is 3.66. The lowest BCUT2D eigenvalue weighted by Gasteiger charge is -2.12. The molecule has 7 heteroatoms. The fraction of sp³-hybridized carbons (Fsp3) is 0.167. The number of rotatable bonds is 5. The normalized spacial score (nSPS) is 11.4. The van der Waals surface area contributed by atoms with Gasteiger partial charge in [0.2, 0.25) is 0 Å². The lowest BCUT2D eigenvalue weighted by atomic mass is 10.2. The lowest BCUT2D eigenvalue weighted by Crippen LogP contribution is -2.36. The Labute approximate surface area is 145 Å². The third-order valence-electron chi connectivity index (χ3n) is 3.66. The predicted molar refractivity (Wildman–Crippen MR) is 94.8 cm³/mol. The van der Waals surface area contributed by atoms with Gasteiger partial charge < -0.3 is 10.6 Å². The molecule has 2 aromatic carbocycles. The zero-order valence-corrected chi connectivity index (χ0v) is 13.9. The topological polar surface area (TPSA) is 67.1 Å². The summed E-state index contributed by atoms with van der Waals surface area (Å²) in [5, 5.41) is 14.5. The van der Waals surface area contributed by atoms with Gasteiger partial charge in [-0.2, -0.15) is 0 Å². The quantitative estimate of drug-likeness (QED) is 0.553. The first-order valence-corrected chi connectivity index (χ1v) is 7.89. The first kappa shape index (κ1) is 16.6. The van der Waals surface area contributed by atoms with Crippen LogP contribution in [0, 0.1) is 5.82 Å². The van der Waals surface area contributed by atoms with E-state index in [1.165, 1.54) is 12.1 Å². The number of para-hydroxylation sites is 1. The van der Waals surface area contributed by atoms with Gasteiger partial charge in [0.05, 0.1) is 6.54 Å². The van der Waals surface area contributed by atoms with E-state index in [0.29, 0.717) is 19.0 Å². The fourth-order valence-corrected chi connectivity index (χ4v) is 2.36. The zero-order valence-electron chi connectivity index (χ0n) is 13.9. The predicted octanol–water partition coefficient (Wildman–Crippen LogP) is 2.27. The van der Waals surface area contributed by atoms with E-state index in [9.17, 15) is 4.39 Å². The molecule has 0 aliphatic carbocycles. The van der Waals surface area contributed by atoms with Gasteiger partial charge in [0, 0.05) is 19.3 Å². The molecule has 0 atom stereocenters. The van der Waals surface area contributed by atoms with Crippen molar-refractivity contribution in [2.24, 2.45) is 4.99 Å². The summed E-state index contributed by atoms with van der Waals surface area (Å²) < 4.78 is 14.9. The number of benzene rings is 2. The second-order valence-electron chi connectivity index (χ2n) is 5.36. The zero-order chi connectivity index (χ0) is 17.5. The van der Waals surface area contributed by atoms with Crippen LogP contribution in [0.3, 0.4) is 0 Å². The minimum Gasteiger partial charge on any atom is -0.352 e. The minimum absolute atomic E-state index is 0.244. The van der Waals surface area contributed by atoms with Crippen LogP contribution in [-0.2, 0) is 13.1 Å². The highest BCUT2D eigenvalue weighted by atomic mass is 19.1. The molecular formula is C18H19FN6. The summed E-state index contributed by atoms with van der Waals surface area (Å²) in [5.74, 6) is 1.16. The van der Waals surface area contributed by atoms with E-state index in [4.69, 9.17) is 0 Å². The summed E-state index contributed by atoms with van der Waals surface area (Å²) in [6.45, 7) is 1.02. The standard InChI is InChI=1S/C18H19FN6/c1-20-18(21-11-14-7-9-15(19)10-8-14)22-12-17-24-23-13-25(17)16-5-3-2-4-6-16/h2-10,13H,11-12H2,1H3,(H2,20,21,22). The van der Waals surface area contributed by atoms with E-state index >= 15 is 0 Å². The van der Waals surface area contributed by atoms with Crippen LogP contribution in [0.4, 0.5) is 4.39 Å². The van der Waals surface area contributed by atoms with Crippen LogP contribution in [0.1, 0.15) is 11.4 Å². The summed E-state index contributed by atoms with van der Waals surface area (Å²) in [4.78, 5) is 4.19. The van der Waals surface area contributed by atoms with Gasteiger partial charge in [-0.3, -0.25) is 9.56 Å². The Bertz CT molecular complexity index is 826. The van der Waals surface area contributed by atoms with Crippen molar-refractivity contribution >= 4 is 5.96 Å². The van der Waals surface area contributed by atoms with Crippen LogP contribution in [0.2, 0.25) is 0 Å². The Kier molecular flexibility index (Phi) is 5.36. The van der Waals surface area contributed by atoms with Crippen molar-refractivity contribution in [1.29, 1.82) is 0 Å². The van der Waals surface area contributed by atoms with Crippen LogP contribution in [-0.4, -0.2) is 27.8 Å². The number of halogens is 1. The largest absolute Gasteiger partial charge is 0.352 e. The molecule has 128 valence electrons. The second-order valence-corrected chi connectivity index (χ2v) is 5.36. The van der Waals surface area contributed by atoms with E-state index in [-0.39, 0.29) is 5.82 Å². The summed E-state index contributed by atoms with van der Waals surface area (Å²) in [5.41, 5.74) is 1.97. The molecule has 3 rings (SSSR count). The molecule has 1 aromatic heterocycles. The molecule has 3 aromatic rings. The molecule has 0 saturated carbocycles. The molecule has 25 heavy (non-hydrogen) atoms. The van der Waals surface area contributed by atoms with Crippen LogP contribution in [0.5, 0.6) is 0 Å². The monoisotopic (exact) mass is 338 g/mol. The van der Waals surface area contributed by atoms with Crippen LogP contribution >= 0.6 is 0 Å². The molecule has 1 heterocycles. The molecule has 0 bridgehead atoms. The van der Waals surface area contributed by atoms with Crippen LogP contribution in [0.15, 0.2) is 65.9 Å². The second kappa shape index (κ2) is 8.05. The summed E-state index contributed by atoms with van der Waals surface area (Å²) in [7, 11) is 1.70. The number of nitrogens with zero attached hydrogens (tertiary/aromatic N) is 4. The number of aromatic nitrogens is 3. The third kappa shape index (κ3) is 4.41. The number of hydrogen-bond donors (Lipinski definition) is 2. The van der Waals surface area contributed by atoms with E-state index < -0.39 is 0 Å². The highest BCUT2D eigenvalue weighted by molar-refractivity contribution is 5.79. The SMILES string of the molecule is CN=C(NCc1ccc(F)cc1)NCc1nncn1-c1ccccc1. The van der Waals surface area contributed by atoms with Crippen LogP contribution in [0.25, 0.3) is 5.69 Å². The Morgan fingerprint density at radius 3 is 2.48 bits per heavy atom. The van der Waals surface area contributed by atoms with Gasteiger partial charge >= 0.3 is 0 Å². The van der Waals surface area contributed by atoms with Crippen molar-refractivity contribution < 1.29 is 4.39 Å². The van der Waals surface area contributed by atoms with Gasteiger partial charge in [-0.25, -0.2) is 4.39 Å². The smallest absolute Gasteiger partial charge is 0.191 e. The Morgan fingerprint density at radius 1 is 1.04 bits per heavy atom. The van der Waals surface area contributed by atoms with Crippen molar-refractivity contribution in [3.05, 3.63) is 78.1 Å². The van der Waals surface area contributed by atoms with Crippen molar-refractivity contribution in [1.82, 2.24) is 25.4 Å². The maximum absolute atomic E-state index is 12.9. The fourth-order valence-electron chi connectivity index (χ4n) is 2.36. The van der Waals surface area contributed by atoms with Gasteiger partial charge in [-0.15, -0.1) is 10.2 Å². The van der Waals surface area contributed by atoms with E-state index in [0.717, 1.165) is 17.1 Å². The molecule has 0 amide bonds. The highest BCUT2D eigenvalue weighted by Crippen LogP contribution is 2.08. The molecule has 2 N–H and O–H groups in total. The summed E-state index contributed by atoms with van der Waals surface area (Å²) in [6, 6.07) is 16.2. The molecular weight excluding hydrogens is 319 g/mol. The highest BCUT2D eigenvalue weighted by Gasteiger charge is 2.07. The average Bonchev–Trinajstić information content (AvgIpc) is 3.12. The molecule has 0 aliphatic rings. The number of aliphatic imine (C=N–C) groups is 1. The Morgan fingerprint density at radius 2 is 1.76 bits per heavy atom. The average molecular weight is 338 g/mol. The maximum Gasteiger partial charge on any atom is 0.191 e. The lowest BCUT2D eigenvalue weighted by molar-refractivity contribution is 0.626. The number of nitrogens with one attached hydrogen (secondary N) is 2. The molecule has 0 saturated heterocycles. The molecule has 0 unspecified atom stereocenters. The Balaban J connectivity index is 1.59. The summed E-state index contributed by atoms with van der Waals surface area (Å²) in [6.07, 6.45) is 1.68. The maximum atomic E-state index is 12.9. The van der Waals surface area contributed by atoms with Gasteiger partial charge in [0.15, 0.2) is 11.8 Å². The van der Waals surface area contributed by atoms with Crippen molar-refractivity contribution in [3.63, 3.8) is 0 Å². The first-order chi connectivity index (χ1) is 12.3. The molecule has 0 aliphatic heterocycles. The van der Waals surface area contributed by atoms with E-state index in [1.807, 2.05) is 34.9 Å².